The molecule has 0 bridgehead atoms. The predicted molar refractivity (Wildman–Crippen MR) is 64.4 cm³/mol. The van der Waals surface area contributed by atoms with Crippen LogP contribution >= 0.6 is 11.3 Å². The summed E-state index contributed by atoms with van der Waals surface area (Å²) in [5.41, 5.74) is 0. The third-order valence-corrected chi connectivity index (χ3v) is 4.07. The van der Waals surface area contributed by atoms with Gasteiger partial charge in [0, 0.05) is 24.2 Å². The van der Waals surface area contributed by atoms with Crippen molar-refractivity contribution >= 4 is 11.3 Å². The standard InChI is InChI=1S/C11H16F3N3S/c1-15-4-8-2-3-17(6-8)7-9-5-16-10(18-9)11(12,13)14/h5,8,15H,2-4,6-7H2,1H3. The molecule has 0 aromatic carbocycles. The molecule has 102 valence electrons. The van der Waals surface area contributed by atoms with Crippen LogP contribution in [0.15, 0.2) is 6.20 Å². The van der Waals surface area contributed by atoms with E-state index in [1.165, 1.54) is 6.20 Å². The predicted octanol–water partition coefficient (Wildman–Crippen LogP) is 2.20. The van der Waals surface area contributed by atoms with E-state index in [1.54, 1.807) is 0 Å². The number of hydrogen-bond acceptors (Lipinski definition) is 4. The number of halogens is 3. The van der Waals surface area contributed by atoms with E-state index in [2.05, 4.69) is 15.2 Å². The van der Waals surface area contributed by atoms with Gasteiger partial charge in [-0.25, -0.2) is 4.98 Å². The third kappa shape index (κ3) is 3.43. The molecule has 3 nitrogen and oxygen atoms in total. The molecule has 1 aromatic rings. The summed E-state index contributed by atoms with van der Waals surface area (Å²) in [4.78, 5) is 6.32. The molecule has 2 rings (SSSR count). The van der Waals surface area contributed by atoms with Crippen molar-refractivity contribution in [3.8, 4) is 0 Å². The van der Waals surface area contributed by atoms with Gasteiger partial charge in [0.15, 0.2) is 5.01 Å². The average Bonchev–Trinajstić information content (AvgIpc) is 2.88. The van der Waals surface area contributed by atoms with E-state index in [0.717, 1.165) is 37.4 Å². The summed E-state index contributed by atoms with van der Waals surface area (Å²) in [6, 6.07) is 0. The highest BCUT2D eigenvalue weighted by Gasteiger charge is 2.34. The Hall–Kier alpha value is -0.660. The monoisotopic (exact) mass is 279 g/mol. The van der Waals surface area contributed by atoms with E-state index < -0.39 is 11.2 Å². The van der Waals surface area contributed by atoms with Gasteiger partial charge >= 0.3 is 6.18 Å². The van der Waals surface area contributed by atoms with Crippen LogP contribution in [0.5, 0.6) is 0 Å². The van der Waals surface area contributed by atoms with Crippen LogP contribution in [-0.4, -0.2) is 36.6 Å². The van der Waals surface area contributed by atoms with Crippen LogP contribution in [0.25, 0.3) is 0 Å². The number of alkyl halides is 3. The van der Waals surface area contributed by atoms with Crippen molar-refractivity contribution in [2.45, 2.75) is 19.1 Å². The Bertz CT molecular complexity index is 391. The SMILES string of the molecule is CNCC1CCN(Cc2cnc(C(F)(F)F)s2)C1. The molecule has 2 heterocycles. The zero-order valence-electron chi connectivity index (χ0n) is 10.1. The van der Waals surface area contributed by atoms with Crippen LogP contribution in [0, 0.1) is 5.92 Å². The number of hydrogen-bond donors (Lipinski definition) is 1. The maximum absolute atomic E-state index is 12.4. The molecular weight excluding hydrogens is 263 g/mol. The van der Waals surface area contributed by atoms with Crippen LogP contribution in [0.2, 0.25) is 0 Å². The lowest BCUT2D eigenvalue weighted by molar-refractivity contribution is -0.137. The fraction of sp³-hybridized carbons (Fsp3) is 0.727. The molecule has 0 saturated carbocycles. The summed E-state index contributed by atoms with van der Waals surface area (Å²) in [7, 11) is 1.92. The topological polar surface area (TPSA) is 28.2 Å². The summed E-state index contributed by atoms with van der Waals surface area (Å²) < 4.78 is 37.2. The highest BCUT2D eigenvalue weighted by atomic mass is 32.1. The van der Waals surface area contributed by atoms with Crippen molar-refractivity contribution in [3.63, 3.8) is 0 Å². The minimum atomic E-state index is -4.32. The van der Waals surface area contributed by atoms with Crippen LogP contribution in [-0.2, 0) is 12.7 Å². The lowest BCUT2D eigenvalue weighted by Crippen LogP contribution is -2.24. The maximum Gasteiger partial charge on any atom is 0.443 e. The Morgan fingerprint density at radius 2 is 2.33 bits per heavy atom. The molecule has 1 atom stereocenters. The van der Waals surface area contributed by atoms with E-state index in [0.29, 0.717) is 17.3 Å². The Labute approximate surface area is 108 Å². The fourth-order valence-corrected chi connectivity index (χ4v) is 3.07. The molecule has 1 N–H and O–H groups in total. The average molecular weight is 279 g/mol. The number of thiazole rings is 1. The number of nitrogens with zero attached hydrogens (tertiary/aromatic N) is 2. The number of nitrogens with one attached hydrogen (secondary N) is 1. The maximum atomic E-state index is 12.4. The van der Waals surface area contributed by atoms with Crippen molar-refractivity contribution < 1.29 is 13.2 Å². The van der Waals surface area contributed by atoms with Crippen molar-refractivity contribution in [3.05, 3.63) is 16.1 Å². The van der Waals surface area contributed by atoms with Gasteiger partial charge in [-0.3, -0.25) is 4.90 Å². The molecule has 1 aliphatic rings. The summed E-state index contributed by atoms with van der Waals surface area (Å²) in [6.45, 7) is 3.44. The van der Waals surface area contributed by atoms with Gasteiger partial charge in [-0.1, -0.05) is 0 Å². The fourth-order valence-electron chi connectivity index (χ4n) is 2.24. The number of aromatic nitrogens is 1. The highest BCUT2D eigenvalue weighted by molar-refractivity contribution is 7.11. The first-order valence-electron chi connectivity index (χ1n) is 5.88. The summed E-state index contributed by atoms with van der Waals surface area (Å²) in [5, 5.41) is 2.39. The summed E-state index contributed by atoms with van der Waals surface area (Å²) >= 11 is 0.748. The second-order valence-corrected chi connectivity index (χ2v) is 5.69. The van der Waals surface area contributed by atoms with Gasteiger partial charge in [0.2, 0.25) is 0 Å². The van der Waals surface area contributed by atoms with Crippen LogP contribution in [0.4, 0.5) is 13.2 Å². The Kier molecular flexibility index (Phi) is 4.24. The molecule has 0 radical (unpaired) electrons. The van der Waals surface area contributed by atoms with E-state index in [9.17, 15) is 13.2 Å². The Balaban J connectivity index is 1.89. The van der Waals surface area contributed by atoms with Crippen molar-refractivity contribution in [2.24, 2.45) is 5.92 Å². The van der Waals surface area contributed by atoms with Crippen molar-refractivity contribution in [2.75, 3.05) is 26.7 Å². The summed E-state index contributed by atoms with van der Waals surface area (Å²) in [6.07, 6.45) is -1.87. The first kappa shape index (κ1) is 13.8. The molecule has 0 aliphatic carbocycles. The minimum Gasteiger partial charge on any atom is -0.319 e. The second-order valence-electron chi connectivity index (χ2n) is 4.58. The molecule has 0 spiro atoms. The van der Waals surface area contributed by atoms with Gasteiger partial charge in [-0.15, -0.1) is 11.3 Å². The molecule has 7 heteroatoms. The van der Waals surface area contributed by atoms with Crippen molar-refractivity contribution in [1.29, 1.82) is 0 Å². The second kappa shape index (κ2) is 5.54. The molecular formula is C11H16F3N3S. The molecule has 18 heavy (non-hydrogen) atoms. The lowest BCUT2D eigenvalue weighted by Gasteiger charge is -2.14. The van der Waals surface area contributed by atoms with Gasteiger partial charge in [0.1, 0.15) is 0 Å². The smallest absolute Gasteiger partial charge is 0.319 e. The molecule has 1 unspecified atom stereocenters. The Morgan fingerprint density at radius 1 is 1.56 bits per heavy atom. The van der Waals surface area contributed by atoms with Gasteiger partial charge in [-0.2, -0.15) is 13.2 Å². The van der Waals surface area contributed by atoms with Gasteiger partial charge in [-0.05, 0) is 32.5 Å². The van der Waals surface area contributed by atoms with Gasteiger partial charge < -0.3 is 5.32 Å². The van der Waals surface area contributed by atoms with E-state index in [1.807, 2.05) is 7.05 Å². The normalized spacial score (nSPS) is 21.7. The van der Waals surface area contributed by atoms with Gasteiger partial charge in [0.05, 0.1) is 0 Å². The Morgan fingerprint density at radius 3 is 2.94 bits per heavy atom. The first-order valence-corrected chi connectivity index (χ1v) is 6.69. The highest BCUT2D eigenvalue weighted by Crippen LogP contribution is 2.33. The zero-order valence-corrected chi connectivity index (χ0v) is 10.9. The van der Waals surface area contributed by atoms with Crippen LogP contribution in [0.1, 0.15) is 16.3 Å². The van der Waals surface area contributed by atoms with E-state index in [-0.39, 0.29) is 0 Å². The molecule has 1 aromatic heterocycles. The third-order valence-electron chi connectivity index (χ3n) is 3.04. The molecule has 1 aliphatic heterocycles. The number of rotatable bonds is 4. The van der Waals surface area contributed by atoms with Crippen LogP contribution < -0.4 is 5.32 Å². The zero-order chi connectivity index (χ0) is 13.2. The largest absolute Gasteiger partial charge is 0.443 e. The van der Waals surface area contributed by atoms with E-state index in [4.69, 9.17) is 0 Å². The first-order chi connectivity index (χ1) is 8.49. The lowest BCUT2D eigenvalue weighted by atomic mass is 10.1. The quantitative estimate of drug-likeness (QED) is 0.916. The number of likely N-dealkylation sites (tertiary alicyclic amines) is 1. The van der Waals surface area contributed by atoms with E-state index >= 15 is 0 Å². The minimum absolute atomic E-state index is 0.577. The molecule has 1 fully saturated rings. The van der Waals surface area contributed by atoms with Gasteiger partial charge in [0.25, 0.3) is 0 Å². The van der Waals surface area contributed by atoms with Crippen molar-refractivity contribution in [1.82, 2.24) is 15.2 Å². The molecule has 1 saturated heterocycles. The molecule has 0 amide bonds. The summed E-state index contributed by atoms with van der Waals surface area (Å²) in [5.74, 6) is 0.602. The van der Waals surface area contributed by atoms with Crippen LogP contribution in [0.3, 0.4) is 0 Å².